The van der Waals surface area contributed by atoms with Crippen LogP contribution in [-0.2, 0) is 12.6 Å². The Morgan fingerprint density at radius 2 is 2.07 bits per heavy atom. The highest BCUT2D eigenvalue weighted by Gasteiger charge is 2.39. The van der Waals surface area contributed by atoms with Crippen molar-refractivity contribution in [2.45, 2.75) is 26.4 Å². The molecule has 2 nitrogen and oxygen atoms in total. The predicted molar refractivity (Wildman–Crippen MR) is 107 cm³/mol. The van der Waals surface area contributed by atoms with Gasteiger partial charge in [-0.2, -0.15) is 13.2 Å². The van der Waals surface area contributed by atoms with E-state index < -0.39 is 11.7 Å². The smallest absolute Gasteiger partial charge is 0.260 e. The molecule has 0 saturated carbocycles. The molecule has 0 radical (unpaired) electrons. The molecule has 0 bridgehead atoms. The number of nitrogens with zero attached hydrogens (tertiary/aromatic N) is 2. The maximum atomic E-state index is 13.5. The summed E-state index contributed by atoms with van der Waals surface area (Å²) >= 11 is 0. The fourth-order valence-electron chi connectivity index (χ4n) is 3.06. The molecule has 0 spiro atoms. The van der Waals surface area contributed by atoms with Crippen molar-refractivity contribution in [2.24, 2.45) is 5.92 Å². The quantitative estimate of drug-likeness (QED) is 0.431. The first-order valence-electron chi connectivity index (χ1n) is 8.58. The number of alkyl halides is 3. The van der Waals surface area contributed by atoms with Crippen molar-refractivity contribution in [1.29, 1.82) is 0 Å². The topological polar surface area (TPSA) is 17.2 Å². The fraction of sp³-hybridized carbons (Fsp3) is 0.217. The number of aryl methyl sites for hydroxylation is 1. The lowest BCUT2D eigenvalue weighted by Gasteiger charge is -2.18. The third-order valence-corrected chi connectivity index (χ3v) is 4.40. The molecule has 28 heavy (non-hydrogen) atoms. The minimum absolute atomic E-state index is 0.108. The van der Waals surface area contributed by atoms with Crippen LogP contribution in [0.1, 0.15) is 34.9 Å². The second-order valence-corrected chi connectivity index (χ2v) is 6.46. The molecule has 1 unspecified atom stereocenters. The Labute approximate surface area is 163 Å². The molecule has 5 heteroatoms. The predicted octanol–water partition coefficient (Wildman–Crippen LogP) is 6.43. The molecule has 0 amide bonds. The lowest BCUT2D eigenvalue weighted by molar-refractivity contribution is -0.136. The molecule has 0 aliphatic rings. The number of halogens is 3. The van der Waals surface area contributed by atoms with Gasteiger partial charge in [-0.15, -0.1) is 6.42 Å². The first kappa shape index (κ1) is 21.0. The standard InChI is InChI=1S/C23H20F3N2/c1-6-8-20(15(3)12-19-10-9-17(7-2)14-28-19)18-11-16(4)22(27-5)21(13-18)23(24,25)26/h2,5-6,8-11,13-15H,1,12H2,3-4H3/q+1/b20-8+. The molecule has 142 valence electrons. The molecule has 2 rings (SSSR count). The lowest BCUT2D eigenvalue weighted by atomic mass is 9.87. The van der Waals surface area contributed by atoms with Gasteiger partial charge in [-0.3, -0.25) is 4.98 Å². The van der Waals surface area contributed by atoms with Gasteiger partial charge in [-0.05, 0) is 59.5 Å². The molecule has 0 aliphatic carbocycles. The largest absolute Gasteiger partial charge is 0.424 e. The number of aromatic nitrogens is 1. The van der Waals surface area contributed by atoms with Crippen molar-refractivity contribution >= 4 is 11.3 Å². The van der Waals surface area contributed by atoms with Gasteiger partial charge in [-0.1, -0.05) is 31.6 Å². The van der Waals surface area contributed by atoms with E-state index in [4.69, 9.17) is 13.0 Å². The van der Waals surface area contributed by atoms with Crippen molar-refractivity contribution in [3.8, 4) is 18.9 Å². The molecule has 0 fully saturated rings. The first-order chi connectivity index (χ1) is 13.2. The van der Waals surface area contributed by atoms with E-state index in [0.717, 1.165) is 17.3 Å². The van der Waals surface area contributed by atoms with Gasteiger partial charge in [0.05, 0.1) is 0 Å². The highest BCUT2D eigenvalue weighted by atomic mass is 19.4. The zero-order valence-electron chi connectivity index (χ0n) is 15.7. The minimum Gasteiger partial charge on any atom is -0.260 e. The van der Waals surface area contributed by atoms with Gasteiger partial charge in [-0.25, -0.2) is 0 Å². The summed E-state index contributed by atoms with van der Waals surface area (Å²) in [4.78, 5) is 7.65. The maximum absolute atomic E-state index is 13.5. The van der Waals surface area contributed by atoms with Gasteiger partial charge in [0.25, 0.3) is 6.57 Å². The number of hydrogen-bond acceptors (Lipinski definition) is 1. The van der Waals surface area contributed by atoms with Crippen LogP contribution in [0.15, 0.2) is 49.2 Å². The Balaban J connectivity index is 2.47. The van der Waals surface area contributed by atoms with E-state index in [1.807, 2.05) is 13.0 Å². The maximum Gasteiger partial charge on any atom is 0.424 e. The fourth-order valence-corrected chi connectivity index (χ4v) is 3.06. The number of pyridine rings is 1. The summed E-state index contributed by atoms with van der Waals surface area (Å²) in [6, 6.07) is 6.34. The summed E-state index contributed by atoms with van der Waals surface area (Å²) in [5.41, 5.74) is 1.87. The summed E-state index contributed by atoms with van der Waals surface area (Å²) in [7, 11) is 0. The van der Waals surface area contributed by atoms with Crippen molar-refractivity contribution in [3.63, 3.8) is 0 Å². The molecular formula is C23H20F3N2+. The highest BCUT2D eigenvalue weighted by molar-refractivity contribution is 5.74. The van der Waals surface area contributed by atoms with Gasteiger partial charge < -0.3 is 0 Å². The molecule has 1 heterocycles. The van der Waals surface area contributed by atoms with Crippen LogP contribution in [-0.4, -0.2) is 4.98 Å². The second kappa shape index (κ2) is 8.59. The molecule has 1 atom stereocenters. The molecule has 1 aromatic heterocycles. The van der Waals surface area contributed by atoms with E-state index in [-0.39, 0.29) is 11.6 Å². The van der Waals surface area contributed by atoms with Crippen LogP contribution in [0.3, 0.4) is 0 Å². The summed E-state index contributed by atoms with van der Waals surface area (Å²) in [6.07, 6.45) is 6.18. The Morgan fingerprint density at radius 1 is 1.36 bits per heavy atom. The number of allylic oxidation sites excluding steroid dienone is 3. The van der Waals surface area contributed by atoms with E-state index in [0.29, 0.717) is 23.1 Å². The van der Waals surface area contributed by atoms with E-state index in [1.54, 1.807) is 37.4 Å². The van der Waals surface area contributed by atoms with Crippen LogP contribution >= 0.6 is 0 Å². The van der Waals surface area contributed by atoms with Gasteiger partial charge in [0.1, 0.15) is 5.56 Å². The zero-order chi connectivity index (χ0) is 20.9. The lowest BCUT2D eigenvalue weighted by Crippen LogP contribution is -2.09. The monoisotopic (exact) mass is 381 g/mol. The SMILES string of the molecule is C#Cc1ccc(CC(C)/C(=C\C=C)c2cc(C)c([N+]#C)c(C(F)(F)F)c2)nc1. The third-order valence-electron chi connectivity index (χ3n) is 4.40. The third kappa shape index (κ3) is 4.69. The van der Waals surface area contributed by atoms with Crippen LogP contribution in [0.4, 0.5) is 18.9 Å². The number of hydrogen-bond donors (Lipinski definition) is 0. The molecule has 0 aliphatic heterocycles. The first-order valence-corrected chi connectivity index (χ1v) is 8.58. The van der Waals surface area contributed by atoms with Crippen LogP contribution in [0.5, 0.6) is 0 Å². The van der Waals surface area contributed by atoms with Gasteiger partial charge in [0.2, 0.25) is 0 Å². The van der Waals surface area contributed by atoms with Gasteiger partial charge >= 0.3 is 11.9 Å². The number of terminal acetylenes is 1. The van der Waals surface area contributed by atoms with Crippen molar-refractivity contribution in [1.82, 2.24) is 4.98 Å². The van der Waals surface area contributed by atoms with E-state index in [1.165, 1.54) is 0 Å². The summed E-state index contributed by atoms with van der Waals surface area (Å²) in [5.74, 6) is 2.39. The van der Waals surface area contributed by atoms with Crippen LogP contribution in [0.25, 0.3) is 10.4 Å². The second-order valence-electron chi connectivity index (χ2n) is 6.46. The van der Waals surface area contributed by atoms with Crippen molar-refractivity contribution in [3.05, 3.63) is 82.0 Å². The number of benzene rings is 1. The van der Waals surface area contributed by atoms with Crippen LogP contribution in [0.2, 0.25) is 0 Å². The normalized spacial score (nSPS) is 12.8. The Bertz CT molecular complexity index is 985. The zero-order valence-corrected chi connectivity index (χ0v) is 15.7. The Kier molecular flexibility index (Phi) is 6.44. The average Bonchev–Trinajstić information content (AvgIpc) is 2.65. The molecule has 0 N–H and O–H groups in total. The van der Waals surface area contributed by atoms with Crippen LogP contribution in [0, 0.1) is 31.8 Å². The minimum atomic E-state index is -4.56. The van der Waals surface area contributed by atoms with Gasteiger partial charge in [0, 0.05) is 23.0 Å². The van der Waals surface area contributed by atoms with Gasteiger partial charge in [0.15, 0.2) is 0 Å². The molecule has 1 aromatic carbocycles. The molecule has 2 aromatic rings. The summed E-state index contributed by atoms with van der Waals surface area (Å²) in [5, 5.41) is 0. The van der Waals surface area contributed by atoms with Crippen molar-refractivity contribution in [2.75, 3.05) is 0 Å². The Hall–Kier alpha value is -3.31. The summed E-state index contributed by atoms with van der Waals surface area (Å²) in [6.45, 7) is 12.4. The van der Waals surface area contributed by atoms with E-state index in [2.05, 4.69) is 22.3 Å². The van der Waals surface area contributed by atoms with Crippen molar-refractivity contribution < 1.29 is 13.2 Å². The van der Waals surface area contributed by atoms with E-state index >= 15 is 0 Å². The summed E-state index contributed by atoms with van der Waals surface area (Å²) < 4.78 is 40.4. The number of rotatable bonds is 5. The molecular weight excluding hydrogens is 361 g/mol. The van der Waals surface area contributed by atoms with Crippen LogP contribution < -0.4 is 0 Å². The molecule has 0 saturated heterocycles. The average molecular weight is 381 g/mol. The highest BCUT2D eigenvalue weighted by Crippen LogP contribution is 2.41. The Morgan fingerprint density at radius 3 is 2.57 bits per heavy atom. The van der Waals surface area contributed by atoms with E-state index in [9.17, 15) is 13.2 Å².